The van der Waals surface area contributed by atoms with Gasteiger partial charge in [0.15, 0.2) is 0 Å². The van der Waals surface area contributed by atoms with Gasteiger partial charge in [-0.1, -0.05) is 54.6 Å². The van der Waals surface area contributed by atoms with Crippen molar-refractivity contribution in [2.75, 3.05) is 18.0 Å². The largest absolute Gasteiger partial charge is 0.309 e. The summed E-state index contributed by atoms with van der Waals surface area (Å²) in [5.74, 6) is -1.21. The van der Waals surface area contributed by atoms with Gasteiger partial charge in [0.1, 0.15) is 11.6 Å². The number of halogens is 2. The number of piperazine rings is 1. The third-order valence-corrected chi connectivity index (χ3v) is 5.45. The summed E-state index contributed by atoms with van der Waals surface area (Å²) in [6, 6.07) is 21.0. The van der Waals surface area contributed by atoms with Gasteiger partial charge < -0.3 is 4.90 Å². The highest BCUT2D eigenvalue weighted by atomic mass is 19.1. The molecule has 0 radical (unpaired) electrons. The predicted molar refractivity (Wildman–Crippen MR) is 110 cm³/mol. The fourth-order valence-corrected chi connectivity index (χ4v) is 3.81. The second-order valence-corrected chi connectivity index (χ2v) is 7.26. The maximum atomic E-state index is 14.0. The summed E-state index contributed by atoms with van der Waals surface area (Å²) in [5.41, 5.74) is 3.33. The molecule has 1 fully saturated rings. The van der Waals surface area contributed by atoms with E-state index in [9.17, 15) is 13.6 Å². The van der Waals surface area contributed by atoms with Gasteiger partial charge in [0.2, 0.25) is 5.91 Å². The number of anilines is 1. The summed E-state index contributed by atoms with van der Waals surface area (Å²) in [7, 11) is 0. The van der Waals surface area contributed by atoms with Gasteiger partial charge in [-0.2, -0.15) is 0 Å². The molecule has 0 saturated carbocycles. The van der Waals surface area contributed by atoms with Crippen LogP contribution in [0, 0.1) is 11.6 Å². The normalized spacial score (nSPS) is 17.6. The molecule has 3 aromatic carbocycles. The summed E-state index contributed by atoms with van der Waals surface area (Å²) in [5, 5.41) is 0. The van der Waals surface area contributed by atoms with Gasteiger partial charge in [0, 0.05) is 36.8 Å². The van der Waals surface area contributed by atoms with Crippen molar-refractivity contribution >= 4 is 11.6 Å². The Kier molecular flexibility index (Phi) is 5.41. The fraction of sp³-hybridized carbons (Fsp3) is 0.208. The van der Waals surface area contributed by atoms with E-state index in [0.29, 0.717) is 18.7 Å². The van der Waals surface area contributed by atoms with Crippen molar-refractivity contribution in [2.45, 2.75) is 19.5 Å². The van der Waals surface area contributed by atoms with Gasteiger partial charge in [-0.05, 0) is 24.6 Å². The van der Waals surface area contributed by atoms with Crippen molar-refractivity contribution in [1.82, 2.24) is 4.90 Å². The second-order valence-electron chi connectivity index (χ2n) is 7.26. The molecule has 3 aromatic rings. The molecular weight excluding hydrogens is 370 g/mol. The zero-order valence-corrected chi connectivity index (χ0v) is 16.2. The summed E-state index contributed by atoms with van der Waals surface area (Å²) >= 11 is 0. The highest BCUT2D eigenvalue weighted by Crippen LogP contribution is 2.32. The number of rotatable bonds is 4. The number of para-hydroxylation sites is 1. The molecule has 0 aliphatic carbocycles. The van der Waals surface area contributed by atoms with Gasteiger partial charge >= 0.3 is 0 Å². The van der Waals surface area contributed by atoms with Gasteiger partial charge in [-0.25, -0.2) is 8.78 Å². The van der Waals surface area contributed by atoms with Crippen molar-refractivity contribution in [3.05, 3.63) is 90.0 Å². The Morgan fingerprint density at radius 1 is 0.931 bits per heavy atom. The summed E-state index contributed by atoms with van der Waals surface area (Å²) < 4.78 is 27.2. The Hall–Kier alpha value is -3.05. The van der Waals surface area contributed by atoms with Gasteiger partial charge in [0.25, 0.3) is 0 Å². The van der Waals surface area contributed by atoms with Crippen molar-refractivity contribution in [2.24, 2.45) is 0 Å². The Balaban J connectivity index is 1.57. The first kappa shape index (κ1) is 19.3. The minimum absolute atomic E-state index is 0.0258. The zero-order chi connectivity index (χ0) is 20.4. The molecule has 29 heavy (non-hydrogen) atoms. The SMILES string of the molecule is C[C@H]1C(=O)N(c2ccccc2-c2ccccc2)CCN1Cc1ccc(F)cc1F. The lowest BCUT2D eigenvalue weighted by Crippen LogP contribution is -2.55. The van der Waals surface area contributed by atoms with E-state index in [1.165, 1.54) is 12.1 Å². The predicted octanol–water partition coefficient (Wildman–Crippen LogP) is 4.87. The van der Waals surface area contributed by atoms with E-state index in [-0.39, 0.29) is 12.5 Å². The van der Waals surface area contributed by atoms with E-state index in [1.54, 1.807) is 0 Å². The molecule has 148 valence electrons. The molecule has 1 amide bonds. The number of nitrogens with zero attached hydrogens (tertiary/aromatic N) is 2. The fourth-order valence-electron chi connectivity index (χ4n) is 3.81. The smallest absolute Gasteiger partial charge is 0.244 e. The van der Waals surface area contributed by atoms with Crippen LogP contribution in [0.3, 0.4) is 0 Å². The van der Waals surface area contributed by atoms with E-state index >= 15 is 0 Å². The molecule has 1 heterocycles. The van der Waals surface area contributed by atoms with Crippen LogP contribution in [0.5, 0.6) is 0 Å². The van der Waals surface area contributed by atoms with Crippen LogP contribution in [0.1, 0.15) is 12.5 Å². The first-order chi connectivity index (χ1) is 14.0. The average molecular weight is 392 g/mol. The number of hydrogen-bond donors (Lipinski definition) is 0. The minimum Gasteiger partial charge on any atom is -0.309 e. The second kappa shape index (κ2) is 8.13. The lowest BCUT2D eigenvalue weighted by atomic mass is 10.0. The van der Waals surface area contributed by atoms with Crippen LogP contribution in [0.4, 0.5) is 14.5 Å². The van der Waals surface area contributed by atoms with Gasteiger partial charge in [-0.3, -0.25) is 9.69 Å². The number of carbonyl (C=O) groups is 1. The first-order valence-corrected chi connectivity index (χ1v) is 9.68. The Bertz CT molecular complexity index is 1020. The number of amides is 1. The molecule has 0 N–H and O–H groups in total. The molecule has 1 atom stereocenters. The molecule has 1 aliphatic rings. The molecule has 1 aliphatic heterocycles. The standard InChI is InChI=1S/C24H22F2N2O/c1-17-24(29)28(14-13-27(17)16-19-11-12-20(25)15-22(19)26)23-10-6-5-9-21(23)18-7-3-2-4-8-18/h2-12,15,17H,13-14,16H2,1H3/t17-/m0/s1. The zero-order valence-electron chi connectivity index (χ0n) is 16.2. The lowest BCUT2D eigenvalue weighted by Gasteiger charge is -2.39. The molecule has 0 unspecified atom stereocenters. The molecular formula is C24H22F2N2O. The van der Waals surface area contributed by atoms with E-state index in [0.717, 1.165) is 22.9 Å². The van der Waals surface area contributed by atoms with Crippen LogP contribution in [0.25, 0.3) is 11.1 Å². The van der Waals surface area contributed by atoms with Crippen molar-refractivity contribution in [1.29, 1.82) is 0 Å². The monoisotopic (exact) mass is 392 g/mol. The Morgan fingerprint density at radius 3 is 2.41 bits per heavy atom. The van der Waals surface area contributed by atoms with Crippen molar-refractivity contribution in [3.63, 3.8) is 0 Å². The molecule has 0 spiro atoms. The lowest BCUT2D eigenvalue weighted by molar-refractivity contribution is -0.125. The van der Waals surface area contributed by atoms with Crippen LogP contribution in [0.15, 0.2) is 72.8 Å². The van der Waals surface area contributed by atoms with Crippen molar-refractivity contribution in [3.8, 4) is 11.1 Å². The third-order valence-electron chi connectivity index (χ3n) is 5.45. The van der Waals surface area contributed by atoms with Gasteiger partial charge in [-0.15, -0.1) is 0 Å². The van der Waals surface area contributed by atoms with Crippen LogP contribution in [0.2, 0.25) is 0 Å². The molecule has 5 heteroatoms. The van der Waals surface area contributed by atoms with Crippen LogP contribution < -0.4 is 4.90 Å². The number of benzene rings is 3. The van der Waals surface area contributed by atoms with E-state index in [2.05, 4.69) is 0 Å². The van der Waals surface area contributed by atoms with Gasteiger partial charge in [0.05, 0.1) is 11.7 Å². The minimum atomic E-state index is -0.599. The maximum absolute atomic E-state index is 14.0. The Labute approximate surface area is 169 Å². The molecule has 4 rings (SSSR count). The van der Waals surface area contributed by atoms with Crippen LogP contribution in [-0.4, -0.2) is 29.9 Å². The molecule has 0 bridgehead atoms. The van der Waals surface area contributed by atoms with Crippen LogP contribution in [-0.2, 0) is 11.3 Å². The number of carbonyl (C=O) groups excluding carboxylic acids is 1. The summed E-state index contributed by atoms with van der Waals surface area (Å²) in [6.45, 7) is 3.22. The molecule has 3 nitrogen and oxygen atoms in total. The molecule has 0 aromatic heterocycles. The Morgan fingerprint density at radius 2 is 1.66 bits per heavy atom. The highest BCUT2D eigenvalue weighted by Gasteiger charge is 2.33. The average Bonchev–Trinajstić information content (AvgIpc) is 2.74. The summed E-state index contributed by atoms with van der Waals surface area (Å²) in [4.78, 5) is 16.9. The van der Waals surface area contributed by atoms with E-state index in [1.807, 2.05) is 71.3 Å². The van der Waals surface area contributed by atoms with E-state index < -0.39 is 17.7 Å². The first-order valence-electron chi connectivity index (χ1n) is 9.68. The summed E-state index contributed by atoms with van der Waals surface area (Å²) in [6.07, 6.45) is 0. The third kappa shape index (κ3) is 3.91. The van der Waals surface area contributed by atoms with Crippen LogP contribution >= 0.6 is 0 Å². The topological polar surface area (TPSA) is 23.6 Å². The number of hydrogen-bond acceptors (Lipinski definition) is 2. The quantitative estimate of drug-likeness (QED) is 0.633. The van der Waals surface area contributed by atoms with E-state index in [4.69, 9.17) is 0 Å². The van der Waals surface area contributed by atoms with Crippen molar-refractivity contribution < 1.29 is 13.6 Å². The highest BCUT2D eigenvalue weighted by molar-refractivity contribution is 6.01. The molecule has 1 saturated heterocycles. The maximum Gasteiger partial charge on any atom is 0.244 e.